The lowest BCUT2D eigenvalue weighted by Gasteiger charge is -1.97. The largest absolute Gasteiger partial charge is 0.383 e. The first-order valence-corrected chi connectivity index (χ1v) is 3.55. The predicted octanol–water partition coefficient (Wildman–Crippen LogP) is 0.864. The molecule has 5 heteroatoms. The van der Waals surface area contributed by atoms with Crippen molar-refractivity contribution in [2.24, 2.45) is 0 Å². The van der Waals surface area contributed by atoms with Gasteiger partial charge in [0.25, 0.3) is 5.24 Å². The van der Waals surface area contributed by atoms with Gasteiger partial charge in [0.1, 0.15) is 5.82 Å². The van der Waals surface area contributed by atoms with Crippen LogP contribution in [0.25, 0.3) is 0 Å². The Kier molecular flexibility index (Phi) is 2.14. The number of hydrogen-bond acceptors (Lipinski definition) is 3. The van der Waals surface area contributed by atoms with E-state index < -0.39 is 5.24 Å². The fourth-order valence-corrected chi connectivity index (χ4v) is 0.944. The maximum atomic E-state index is 10.6. The van der Waals surface area contributed by atoms with Gasteiger partial charge in [-0.3, -0.25) is 4.79 Å². The topological polar surface area (TPSA) is 60.9 Å². The molecule has 0 atom stereocenters. The molecule has 0 aromatic carbocycles. The Morgan fingerprint density at radius 3 is 2.82 bits per heavy atom. The Labute approximate surface area is 68.9 Å². The third-order valence-corrected chi connectivity index (χ3v) is 1.60. The molecule has 0 fully saturated rings. The second-order valence-electron chi connectivity index (χ2n) is 2.03. The van der Waals surface area contributed by atoms with Gasteiger partial charge in [-0.05, 0) is 18.5 Å². The second kappa shape index (κ2) is 2.92. The van der Waals surface area contributed by atoms with Gasteiger partial charge in [-0.25, -0.2) is 4.68 Å². The van der Waals surface area contributed by atoms with E-state index in [9.17, 15) is 4.79 Å². The maximum Gasteiger partial charge on any atom is 0.257 e. The van der Waals surface area contributed by atoms with E-state index in [4.69, 9.17) is 17.3 Å². The highest BCUT2D eigenvalue weighted by molar-refractivity contribution is 6.68. The van der Waals surface area contributed by atoms with E-state index in [2.05, 4.69) is 5.10 Å². The highest BCUT2D eigenvalue weighted by Gasteiger charge is 2.10. The predicted molar refractivity (Wildman–Crippen MR) is 42.5 cm³/mol. The number of rotatable bonds is 2. The quantitative estimate of drug-likeness (QED) is 0.675. The Morgan fingerprint density at radius 2 is 2.55 bits per heavy atom. The summed E-state index contributed by atoms with van der Waals surface area (Å²) in [4.78, 5) is 10.6. The molecule has 0 aliphatic heterocycles. The number of carbonyl (C=O) groups excluding carboxylic acids is 1. The number of hydrogen-bond donors (Lipinski definition) is 1. The van der Waals surface area contributed by atoms with Crippen LogP contribution in [0.15, 0.2) is 6.20 Å². The lowest BCUT2D eigenvalue weighted by Crippen LogP contribution is -2.04. The number of nitrogen functional groups attached to an aromatic ring is 1. The minimum absolute atomic E-state index is 0.272. The summed E-state index contributed by atoms with van der Waals surface area (Å²) in [6.45, 7) is 2.52. The van der Waals surface area contributed by atoms with E-state index in [1.54, 1.807) is 0 Å². The van der Waals surface area contributed by atoms with Gasteiger partial charge in [-0.15, -0.1) is 0 Å². The normalized spacial score (nSPS) is 10.0. The van der Waals surface area contributed by atoms with Crippen molar-refractivity contribution in [3.05, 3.63) is 11.8 Å². The molecule has 1 aromatic rings. The van der Waals surface area contributed by atoms with Crippen LogP contribution in [-0.2, 0) is 6.54 Å². The van der Waals surface area contributed by atoms with Crippen LogP contribution >= 0.6 is 11.6 Å². The molecule has 2 N–H and O–H groups in total. The zero-order valence-corrected chi connectivity index (χ0v) is 6.80. The summed E-state index contributed by atoms with van der Waals surface area (Å²) < 4.78 is 1.51. The van der Waals surface area contributed by atoms with E-state index in [0.29, 0.717) is 12.4 Å². The molecule has 0 bridgehead atoms. The molecule has 0 amide bonds. The molecule has 0 aliphatic carbocycles. The van der Waals surface area contributed by atoms with E-state index in [1.165, 1.54) is 10.9 Å². The Hall–Kier alpha value is -1.03. The third kappa shape index (κ3) is 1.35. The first-order valence-electron chi connectivity index (χ1n) is 3.18. The molecule has 0 unspecified atom stereocenters. The molecule has 60 valence electrons. The van der Waals surface area contributed by atoms with Crippen LogP contribution in [0.2, 0.25) is 0 Å². The summed E-state index contributed by atoms with van der Waals surface area (Å²) in [6.07, 6.45) is 1.37. The maximum absolute atomic E-state index is 10.6. The molecular formula is C6H8ClN3O. The van der Waals surface area contributed by atoms with E-state index in [-0.39, 0.29) is 5.56 Å². The van der Waals surface area contributed by atoms with E-state index in [1.807, 2.05) is 6.92 Å². The lowest BCUT2D eigenvalue weighted by atomic mass is 10.4. The van der Waals surface area contributed by atoms with Gasteiger partial charge < -0.3 is 5.73 Å². The molecule has 11 heavy (non-hydrogen) atoms. The number of carbonyl (C=O) groups is 1. The average Bonchev–Trinajstić information content (AvgIpc) is 2.30. The van der Waals surface area contributed by atoms with Gasteiger partial charge in [-0.2, -0.15) is 5.10 Å². The molecule has 1 heterocycles. The number of halogens is 1. The van der Waals surface area contributed by atoms with Crippen LogP contribution in [0, 0.1) is 0 Å². The molecule has 1 aromatic heterocycles. The van der Waals surface area contributed by atoms with Crippen LogP contribution in [0.4, 0.5) is 5.82 Å². The smallest absolute Gasteiger partial charge is 0.257 e. The summed E-state index contributed by atoms with van der Waals surface area (Å²) in [7, 11) is 0. The van der Waals surface area contributed by atoms with Crippen molar-refractivity contribution in [1.29, 1.82) is 0 Å². The van der Waals surface area contributed by atoms with Crippen molar-refractivity contribution in [3.8, 4) is 0 Å². The van der Waals surface area contributed by atoms with Crippen molar-refractivity contribution in [2.75, 3.05) is 5.73 Å². The van der Waals surface area contributed by atoms with Crippen LogP contribution < -0.4 is 5.73 Å². The summed E-state index contributed by atoms with van der Waals surface area (Å²) in [5.41, 5.74) is 5.78. The summed E-state index contributed by atoms with van der Waals surface area (Å²) in [6, 6.07) is 0. The third-order valence-electron chi connectivity index (χ3n) is 1.39. The van der Waals surface area contributed by atoms with Gasteiger partial charge in [0.05, 0.1) is 11.8 Å². The first kappa shape index (κ1) is 8.07. The molecule has 0 radical (unpaired) electrons. The van der Waals surface area contributed by atoms with Gasteiger partial charge in [0, 0.05) is 6.54 Å². The van der Waals surface area contributed by atoms with Crippen molar-refractivity contribution >= 4 is 22.7 Å². The van der Waals surface area contributed by atoms with Crippen molar-refractivity contribution in [3.63, 3.8) is 0 Å². The van der Waals surface area contributed by atoms with Gasteiger partial charge in [0.15, 0.2) is 0 Å². The van der Waals surface area contributed by atoms with Gasteiger partial charge in [0.2, 0.25) is 0 Å². The zero-order valence-electron chi connectivity index (χ0n) is 6.04. The van der Waals surface area contributed by atoms with Crippen LogP contribution in [0.1, 0.15) is 17.3 Å². The van der Waals surface area contributed by atoms with Crippen molar-refractivity contribution in [2.45, 2.75) is 13.5 Å². The Bertz CT molecular complexity index is 281. The highest BCUT2D eigenvalue weighted by Crippen LogP contribution is 2.12. The monoisotopic (exact) mass is 173 g/mol. The number of nitrogens with two attached hydrogens (primary N) is 1. The minimum Gasteiger partial charge on any atom is -0.383 e. The average molecular weight is 174 g/mol. The summed E-state index contributed by atoms with van der Waals surface area (Å²) in [5, 5.41) is 3.27. The molecule has 1 rings (SSSR count). The highest BCUT2D eigenvalue weighted by atomic mass is 35.5. The first-order chi connectivity index (χ1) is 5.16. The lowest BCUT2D eigenvalue weighted by molar-refractivity contribution is 0.108. The van der Waals surface area contributed by atoms with Crippen LogP contribution in [-0.4, -0.2) is 15.0 Å². The number of aryl methyl sites for hydroxylation is 1. The zero-order chi connectivity index (χ0) is 8.43. The number of anilines is 1. The molecular weight excluding hydrogens is 166 g/mol. The van der Waals surface area contributed by atoms with Crippen molar-refractivity contribution in [1.82, 2.24) is 9.78 Å². The fraction of sp³-hybridized carbons (Fsp3) is 0.333. The molecule has 4 nitrogen and oxygen atoms in total. The number of nitrogens with zero attached hydrogens (tertiary/aromatic N) is 2. The Morgan fingerprint density at radius 1 is 1.91 bits per heavy atom. The Balaban J connectivity index is 3.10. The SMILES string of the molecule is CCn1ncc(C(=O)Cl)c1N. The van der Waals surface area contributed by atoms with Crippen LogP contribution in [0.5, 0.6) is 0 Å². The molecule has 0 saturated heterocycles. The fourth-order valence-electron chi connectivity index (χ4n) is 0.798. The summed E-state index contributed by atoms with van der Waals surface area (Å²) in [5.74, 6) is 0.326. The van der Waals surface area contributed by atoms with Gasteiger partial charge in [-0.1, -0.05) is 0 Å². The van der Waals surface area contributed by atoms with Crippen molar-refractivity contribution < 1.29 is 4.79 Å². The standard InChI is InChI=1S/C6H8ClN3O/c1-2-10-6(8)4(3-9-10)5(7)11/h3H,2,8H2,1H3. The van der Waals surface area contributed by atoms with E-state index in [0.717, 1.165) is 0 Å². The second-order valence-corrected chi connectivity index (χ2v) is 2.38. The molecule has 0 saturated carbocycles. The molecule has 0 aliphatic rings. The number of aromatic nitrogens is 2. The van der Waals surface area contributed by atoms with E-state index >= 15 is 0 Å². The minimum atomic E-state index is -0.567. The summed E-state index contributed by atoms with van der Waals surface area (Å²) >= 11 is 5.21. The van der Waals surface area contributed by atoms with Gasteiger partial charge >= 0.3 is 0 Å². The van der Waals surface area contributed by atoms with Crippen LogP contribution in [0.3, 0.4) is 0 Å². The molecule has 0 spiro atoms.